The number of hydrogen-bond donors (Lipinski definition) is 1. The monoisotopic (exact) mass is 161 g/mol. The van der Waals surface area contributed by atoms with Crippen molar-refractivity contribution in [2.75, 3.05) is 6.54 Å². The fourth-order valence-electron chi connectivity index (χ4n) is 0.578. The van der Waals surface area contributed by atoms with Gasteiger partial charge in [0.25, 0.3) is 0 Å². The van der Waals surface area contributed by atoms with Crippen LogP contribution >= 0.6 is 15.9 Å². The van der Waals surface area contributed by atoms with Crippen LogP contribution in [0.2, 0.25) is 0 Å². The topological polar surface area (TPSA) is 12.0 Å². The summed E-state index contributed by atoms with van der Waals surface area (Å²) in [7, 11) is 0. The molecule has 7 heavy (non-hydrogen) atoms. The van der Waals surface area contributed by atoms with Crippen LogP contribution in [-0.2, 0) is 0 Å². The van der Waals surface area contributed by atoms with Crippen molar-refractivity contribution < 1.29 is 0 Å². The lowest BCUT2D eigenvalue weighted by Crippen LogP contribution is -2.20. The third kappa shape index (κ3) is 1.51. The highest BCUT2D eigenvalue weighted by Gasteiger charge is 2.01. The molecule has 2 heteroatoms. The number of alkyl halides is 1. The van der Waals surface area contributed by atoms with E-state index < -0.39 is 0 Å². The zero-order valence-corrected chi connectivity index (χ0v) is 5.61. The summed E-state index contributed by atoms with van der Waals surface area (Å²) in [4.78, 5) is 0.650. The van der Waals surface area contributed by atoms with Crippen LogP contribution < -0.4 is 5.32 Å². The molecule has 0 radical (unpaired) electrons. The van der Waals surface area contributed by atoms with Crippen molar-refractivity contribution in [3.8, 4) is 0 Å². The molecular weight excluding hydrogens is 154 g/mol. The van der Waals surface area contributed by atoms with Crippen LogP contribution in [0.25, 0.3) is 0 Å². The second-order valence-corrected chi connectivity index (χ2v) is 2.94. The average molecular weight is 162 g/mol. The first-order valence-electron chi connectivity index (χ1n) is 2.42. The van der Waals surface area contributed by atoms with Gasteiger partial charge in [-0.3, -0.25) is 0 Å². The standard InChI is InChI=1S/C5H8BrN/c6-5-2-1-3-7-4-5/h1,3,5,7H,2,4H2. The molecule has 40 valence electrons. The van der Waals surface area contributed by atoms with E-state index in [2.05, 4.69) is 27.3 Å². The predicted octanol–water partition coefficient (Wildman–Crippen LogP) is 1.26. The van der Waals surface area contributed by atoms with Gasteiger partial charge in [-0.2, -0.15) is 0 Å². The van der Waals surface area contributed by atoms with E-state index in [1.165, 1.54) is 0 Å². The van der Waals surface area contributed by atoms with E-state index in [4.69, 9.17) is 0 Å². The molecule has 1 aliphatic rings. The molecule has 1 N–H and O–H groups in total. The maximum atomic E-state index is 3.47. The van der Waals surface area contributed by atoms with Crippen molar-refractivity contribution in [3.05, 3.63) is 12.3 Å². The Morgan fingerprint density at radius 1 is 1.71 bits per heavy atom. The number of hydrogen-bond acceptors (Lipinski definition) is 1. The fourth-order valence-corrected chi connectivity index (χ4v) is 0.981. The fraction of sp³-hybridized carbons (Fsp3) is 0.600. The molecule has 1 rings (SSSR count). The van der Waals surface area contributed by atoms with Crippen molar-refractivity contribution in [3.63, 3.8) is 0 Å². The van der Waals surface area contributed by atoms with Crippen molar-refractivity contribution in [1.82, 2.24) is 5.32 Å². The minimum atomic E-state index is 0.650. The van der Waals surface area contributed by atoms with Gasteiger partial charge in [-0.05, 0) is 12.6 Å². The molecule has 0 bridgehead atoms. The lowest BCUT2D eigenvalue weighted by atomic mass is 10.2. The molecular formula is C5H8BrN. The van der Waals surface area contributed by atoms with Crippen LogP contribution in [0, 0.1) is 0 Å². The summed E-state index contributed by atoms with van der Waals surface area (Å²) in [6.07, 6.45) is 5.29. The summed E-state index contributed by atoms with van der Waals surface area (Å²) >= 11 is 3.47. The quantitative estimate of drug-likeness (QED) is 0.528. The van der Waals surface area contributed by atoms with E-state index >= 15 is 0 Å². The molecule has 0 spiro atoms. The van der Waals surface area contributed by atoms with Gasteiger partial charge in [-0.15, -0.1) is 0 Å². The Morgan fingerprint density at radius 3 is 2.86 bits per heavy atom. The first-order chi connectivity index (χ1) is 3.39. The molecule has 0 saturated heterocycles. The average Bonchev–Trinajstić information content (AvgIpc) is 1.69. The molecule has 0 aliphatic carbocycles. The molecule has 0 aromatic heterocycles. The zero-order chi connectivity index (χ0) is 5.11. The highest BCUT2D eigenvalue weighted by Crippen LogP contribution is 2.06. The van der Waals surface area contributed by atoms with E-state index in [-0.39, 0.29) is 0 Å². The Labute approximate surface area is 51.9 Å². The molecule has 0 amide bonds. The van der Waals surface area contributed by atoms with Crippen LogP contribution in [0.4, 0.5) is 0 Å². The van der Waals surface area contributed by atoms with Crippen LogP contribution in [0.5, 0.6) is 0 Å². The van der Waals surface area contributed by atoms with E-state index in [9.17, 15) is 0 Å². The molecule has 0 saturated carbocycles. The van der Waals surface area contributed by atoms with Crippen LogP contribution in [-0.4, -0.2) is 11.4 Å². The summed E-state index contributed by atoms with van der Waals surface area (Å²) in [5.74, 6) is 0. The van der Waals surface area contributed by atoms with Gasteiger partial charge in [0.1, 0.15) is 0 Å². The Balaban J connectivity index is 2.32. The minimum absolute atomic E-state index is 0.650. The highest BCUT2D eigenvalue weighted by molar-refractivity contribution is 9.09. The summed E-state index contributed by atoms with van der Waals surface area (Å²) in [6.45, 7) is 1.07. The first kappa shape index (κ1) is 5.16. The van der Waals surface area contributed by atoms with Gasteiger partial charge in [0.2, 0.25) is 0 Å². The summed E-state index contributed by atoms with van der Waals surface area (Å²) in [5.41, 5.74) is 0. The predicted molar refractivity (Wildman–Crippen MR) is 34.5 cm³/mol. The minimum Gasteiger partial charge on any atom is -0.390 e. The number of rotatable bonds is 0. The molecule has 1 atom stereocenters. The molecule has 0 aromatic rings. The molecule has 1 heterocycles. The summed E-state index contributed by atoms with van der Waals surface area (Å²) < 4.78 is 0. The van der Waals surface area contributed by atoms with Gasteiger partial charge in [-0.1, -0.05) is 22.0 Å². The zero-order valence-electron chi connectivity index (χ0n) is 4.02. The Morgan fingerprint density at radius 2 is 2.57 bits per heavy atom. The second kappa shape index (κ2) is 2.36. The molecule has 0 fully saturated rings. The Hall–Kier alpha value is 0.0200. The third-order valence-corrected chi connectivity index (χ3v) is 1.66. The lowest BCUT2D eigenvalue weighted by molar-refractivity contribution is 0.753. The number of nitrogens with one attached hydrogen (secondary N) is 1. The molecule has 0 aromatic carbocycles. The SMILES string of the molecule is BrC1CC=CNC1. The summed E-state index contributed by atoms with van der Waals surface area (Å²) in [5, 5.41) is 3.11. The molecule has 1 aliphatic heterocycles. The van der Waals surface area contributed by atoms with Crippen LogP contribution in [0.15, 0.2) is 12.3 Å². The Bertz CT molecular complexity index is 80.1. The highest BCUT2D eigenvalue weighted by atomic mass is 79.9. The second-order valence-electron chi connectivity index (χ2n) is 1.64. The number of halogens is 1. The molecule has 1 nitrogen and oxygen atoms in total. The Kier molecular flexibility index (Phi) is 1.74. The van der Waals surface area contributed by atoms with Gasteiger partial charge in [0.05, 0.1) is 0 Å². The third-order valence-electron chi connectivity index (χ3n) is 0.967. The smallest absolute Gasteiger partial charge is 0.0353 e. The van der Waals surface area contributed by atoms with Crippen molar-refractivity contribution >= 4 is 15.9 Å². The maximum absolute atomic E-state index is 3.47. The molecule has 1 unspecified atom stereocenters. The van der Waals surface area contributed by atoms with E-state index in [0.717, 1.165) is 13.0 Å². The van der Waals surface area contributed by atoms with E-state index in [0.29, 0.717) is 4.83 Å². The van der Waals surface area contributed by atoms with E-state index in [1.54, 1.807) is 0 Å². The van der Waals surface area contributed by atoms with Crippen molar-refractivity contribution in [1.29, 1.82) is 0 Å². The maximum Gasteiger partial charge on any atom is 0.0353 e. The van der Waals surface area contributed by atoms with Crippen molar-refractivity contribution in [2.24, 2.45) is 0 Å². The van der Waals surface area contributed by atoms with Gasteiger partial charge in [0.15, 0.2) is 0 Å². The number of allylic oxidation sites excluding steroid dienone is 1. The first-order valence-corrected chi connectivity index (χ1v) is 3.33. The van der Waals surface area contributed by atoms with E-state index in [1.807, 2.05) is 6.20 Å². The van der Waals surface area contributed by atoms with Crippen molar-refractivity contribution in [2.45, 2.75) is 11.2 Å². The lowest BCUT2D eigenvalue weighted by Gasteiger charge is -2.10. The van der Waals surface area contributed by atoms with Gasteiger partial charge < -0.3 is 5.32 Å². The van der Waals surface area contributed by atoms with Crippen LogP contribution in [0.3, 0.4) is 0 Å². The summed E-state index contributed by atoms with van der Waals surface area (Å²) in [6, 6.07) is 0. The van der Waals surface area contributed by atoms with Crippen LogP contribution in [0.1, 0.15) is 6.42 Å². The van der Waals surface area contributed by atoms with Gasteiger partial charge in [0, 0.05) is 11.4 Å². The largest absolute Gasteiger partial charge is 0.390 e. The van der Waals surface area contributed by atoms with Gasteiger partial charge in [-0.25, -0.2) is 0 Å². The normalized spacial score (nSPS) is 29.6. The van der Waals surface area contributed by atoms with Gasteiger partial charge >= 0.3 is 0 Å².